The van der Waals surface area contributed by atoms with Crippen molar-refractivity contribution in [1.29, 1.82) is 0 Å². The van der Waals surface area contributed by atoms with Crippen molar-refractivity contribution in [2.75, 3.05) is 11.9 Å². The largest absolute Gasteiger partial charge is 0.334 e. The summed E-state index contributed by atoms with van der Waals surface area (Å²) in [6.45, 7) is 8.23. The molecule has 1 heterocycles. The molecule has 0 aliphatic heterocycles. The van der Waals surface area contributed by atoms with Gasteiger partial charge < -0.3 is 15.6 Å². The number of nitrogens with zero attached hydrogens (tertiary/aromatic N) is 2. The molecule has 0 aliphatic carbocycles. The second-order valence-electron chi connectivity index (χ2n) is 6.04. The van der Waals surface area contributed by atoms with Gasteiger partial charge >= 0.3 is 0 Å². The van der Waals surface area contributed by atoms with Crippen molar-refractivity contribution in [3.05, 3.63) is 29.6 Å². The van der Waals surface area contributed by atoms with Crippen LogP contribution in [-0.2, 0) is 11.2 Å². The van der Waals surface area contributed by atoms with Gasteiger partial charge in [-0.05, 0) is 37.5 Å². The zero-order valence-corrected chi connectivity index (χ0v) is 14.8. The van der Waals surface area contributed by atoms with Gasteiger partial charge in [0.1, 0.15) is 0 Å². The molecule has 0 bridgehead atoms. The average molecular weight is 330 g/mol. The maximum atomic E-state index is 12.7. The molecule has 6 nitrogen and oxygen atoms in total. The van der Waals surface area contributed by atoms with Gasteiger partial charge in [0.15, 0.2) is 5.82 Å². The molecule has 1 amide bonds. The molecule has 0 unspecified atom stereocenters. The first-order chi connectivity index (χ1) is 11.5. The number of hydrogen-bond acceptors (Lipinski definition) is 5. The van der Waals surface area contributed by atoms with Gasteiger partial charge in [0.25, 0.3) is 5.89 Å². The number of anilines is 1. The third kappa shape index (κ3) is 3.48. The highest BCUT2D eigenvalue weighted by atomic mass is 16.5. The van der Waals surface area contributed by atoms with Gasteiger partial charge in [0.2, 0.25) is 5.91 Å². The third-order valence-corrected chi connectivity index (χ3v) is 4.74. The lowest BCUT2D eigenvalue weighted by atomic mass is 9.81. The van der Waals surface area contributed by atoms with E-state index in [2.05, 4.69) is 15.5 Å². The standard InChI is InChI=1S/C18H26N4O2/c1-5-15-21-16(24-22-15)13-9-8-12(4)14(10-13)20-17(23)18(6-2,7-3)11-19/h8-10H,5-7,11,19H2,1-4H3,(H,20,23). The number of rotatable bonds is 7. The molecule has 0 saturated carbocycles. The summed E-state index contributed by atoms with van der Waals surface area (Å²) in [5.74, 6) is 1.07. The third-order valence-electron chi connectivity index (χ3n) is 4.74. The van der Waals surface area contributed by atoms with E-state index in [1.165, 1.54) is 0 Å². The van der Waals surface area contributed by atoms with E-state index in [-0.39, 0.29) is 5.91 Å². The van der Waals surface area contributed by atoms with E-state index in [4.69, 9.17) is 10.3 Å². The molecule has 24 heavy (non-hydrogen) atoms. The Balaban J connectivity index is 2.30. The minimum Gasteiger partial charge on any atom is -0.334 e. The molecule has 0 saturated heterocycles. The van der Waals surface area contributed by atoms with E-state index in [9.17, 15) is 4.79 Å². The fourth-order valence-electron chi connectivity index (χ4n) is 2.61. The molecule has 0 aliphatic rings. The van der Waals surface area contributed by atoms with Crippen molar-refractivity contribution in [2.45, 2.75) is 47.0 Å². The van der Waals surface area contributed by atoms with E-state index < -0.39 is 5.41 Å². The van der Waals surface area contributed by atoms with Crippen molar-refractivity contribution in [3.8, 4) is 11.5 Å². The van der Waals surface area contributed by atoms with Gasteiger partial charge in [0, 0.05) is 24.2 Å². The van der Waals surface area contributed by atoms with Crippen molar-refractivity contribution in [1.82, 2.24) is 10.1 Å². The second-order valence-corrected chi connectivity index (χ2v) is 6.04. The van der Waals surface area contributed by atoms with Crippen molar-refractivity contribution in [3.63, 3.8) is 0 Å². The maximum absolute atomic E-state index is 12.7. The summed E-state index contributed by atoms with van der Waals surface area (Å²) in [5.41, 5.74) is 7.83. The molecule has 0 atom stereocenters. The van der Waals surface area contributed by atoms with Crippen LogP contribution in [-0.4, -0.2) is 22.6 Å². The summed E-state index contributed by atoms with van der Waals surface area (Å²) in [4.78, 5) is 17.1. The number of carbonyl (C=O) groups is 1. The van der Waals surface area contributed by atoms with Crippen LogP contribution in [0.4, 0.5) is 5.69 Å². The number of nitrogens with one attached hydrogen (secondary N) is 1. The zero-order chi connectivity index (χ0) is 17.7. The molecule has 0 fully saturated rings. The normalized spacial score (nSPS) is 11.5. The molecule has 1 aromatic heterocycles. The van der Waals surface area contributed by atoms with Crippen LogP contribution in [0, 0.1) is 12.3 Å². The smallest absolute Gasteiger partial charge is 0.257 e. The molecule has 1 aromatic carbocycles. The SMILES string of the molecule is CCc1noc(-c2ccc(C)c(NC(=O)C(CC)(CC)CN)c2)n1. The molecule has 2 aromatic rings. The monoisotopic (exact) mass is 330 g/mol. The number of aryl methyl sites for hydroxylation is 2. The van der Waals surface area contributed by atoms with Crippen LogP contribution >= 0.6 is 0 Å². The lowest BCUT2D eigenvalue weighted by Crippen LogP contribution is -2.41. The van der Waals surface area contributed by atoms with E-state index >= 15 is 0 Å². The Kier molecular flexibility index (Phi) is 5.72. The predicted octanol–water partition coefficient (Wildman–Crippen LogP) is 3.31. The molecule has 2 rings (SSSR count). The number of carbonyl (C=O) groups excluding carboxylic acids is 1. The van der Waals surface area contributed by atoms with Crippen LogP contribution in [0.15, 0.2) is 22.7 Å². The van der Waals surface area contributed by atoms with Crippen molar-refractivity contribution >= 4 is 11.6 Å². The topological polar surface area (TPSA) is 94.0 Å². The number of amides is 1. The van der Waals surface area contributed by atoms with E-state index in [0.29, 0.717) is 37.5 Å². The molecule has 6 heteroatoms. The van der Waals surface area contributed by atoms with Crippen molar-refractivity contribution in [2.24, 2.45) is 11.1 Å². The second kappa shape index (κ2) is 7.57. The van der Waals surface area contributed by atoms with Gasteiger partial charge in [-0.15, -0.1) is 0 Å². The van der Waals surface area contributed by atoms with Gasteiger partial charge in [-0.1, -0.05) is 32.0 Å². The number of benzene rings is 1. The minimum absolute atomic E-state index is 0.0463. The van der Waals surface area contributed by atoms with Crippen LogP contribution in [0.3, 0.4) is 0 Å². The van der Waals surface area contributed by atoms with Gasteiger partial charge in [-0.25, -0.2) is 0 Å². The van der Waals surface area contributed by atoms with Gasteiger partial charge in [-0.3, -0.25) is 4.79 Å². The fourth-order valence-corrected chi connectivity index (χ4v) is 2.61. The Morgan fingerprint density at radius 3 is 2.54 bits per heavy atom. The molecule has 0 spiro atoms. The molecule has 130 valence electrons. The van der Waals surface area contributed by atoms with Gasteiger partial charge in [-0.2, -0.15) is 4.98 Å². The van der Waals surface area contributed by atoms with Crippen LogP contribution in [0.1, 0.15) is 45.0 Å². The minimum atomic E-state index is -0.539. The maximum Gasteiger partial charge on any atom is 0.257 e. The Bertz CT molecular complexity index is 697. The molecular weight excluding hydrogens is 304 g/mol. The summed E-state index contributed by atoms with van der Waals surface area (Å²) in [5, 5.41) is 6.94. The predicted molar refractivity (Wildman–Crippen MR) is 94.5 cm³/mol. The first-order valence-electron chi connectivity index (χ1n) is 8.44. The van der Waals surface area contributed by atoms with E-state index in [0.717, 1.165) is 16.8 Å². The Labute approximate surface area is 142 Å². The Morgan fingerprint density at radius 1 is 1.29 bits per heavy atom. The highest BCUT2D eigenvalue weighted by Gasteiger charge is 2.33. The number of hydrogen-bond donors (Lipinski definition) is 2. The lowest BCUT2D eigenvalue weighted by Gasteiger charge is -2.28. The summed E-state index contributed by atoms with van der Waals surface area (Å²) >= 11 is 0. The van der Waals surface area contributed by atoms with Crippen molar-refractivity contribution < 1.29 is 9.32 Å². The summed E-state index contributed by atoms with van der Waals surface area (Å²) < 4.78 is 5.28. The van der Waals surface area contributed by atoms with Crippen LogP contribution in [0.5, 0.6) is 0 Å². The first-order valence-corrected chi connectivity index (χ1v) is 8.44. The summed E-state index contributed by atoms with van der Waals surface area (Å²) in [6.07, 6.45) is 2.12. The summed E-state index contributed by atoms with van der Waals surface area (Å²) in [6, 6.07) is 5.71. The highest BCUT2D eigenvalue weighted by Crippen LogP contribution is 2.29. The van der Waals surface area contributed by atoms with E-state index in [1.807, 2.05) is 45.9 Å². The average Bonchev–Trinajstić information content (AvgIpc) is 3.08. The van der Waals surface area contributed by atoms with Crippen LogP contribution in [0.25, 0.3) is 11.5 Å². The Hall–Kier alpha value is -2.21. The number of aromatic nitrogens is 2. The van der Waals surface area contributed by atoms with E-state index in [1.54, 1.807) is 0 Å². The van der Waals surface area contributed by atoms with Crippen LogP contribution < -0.4 is 11.1 Å². The highest BCUT2D eigenvalue weighted by molar-refractivity contribution is 5.96. The quantitative estimate of drug-likeness (QED) is 0.812. The Morgan fingerprint density at radius 2 is 2.00 bits per heavy atom. The molecular formula is C18H26N4O2. The van der Waals surface area contributed by atoms with Gasteiger partial charge in [0.05, 0.1) is 5.41 Å². The number of nitrogens with two attached hydrogens (primary N) is 1. The lowest BCUT2D eigenvalue weighted by molar-refractivity contribution is -0.125. The molecule has 0 radical (unpaired) electrons. The zero-order valence-electron chi connectivity index (χ0n) is 14.8. The summed E-state index contributed by atoms with van der Waals surface area (Å²) in [7, 11) is 0. The molecule has 3 N–H and O–H groups in total. The van der Waals surface area contributed by atoms with Crippen LogP contribution in [0.2, 0.25) is 0 Å². The first kappa shape index (κ1) is 18.1. The fraction of sp³-hybridized carbons (Fsp3) is 0.500.